The quantitative estimate of drug-likeness (QED) is 0.638. The van der Waals surface area contributed by atoms with Crippen molar-refractivity contribution in [3.05, 3.63) is 39.9 Å². The summed E-state index contributed by atoms with van der Waals surface area (Å²) in [6.45, 7) is 8.71. The SMILES string of the molecule is C=C(C)C[C@H](c1c(O)c(Br)cc(F)c1F)N1CCNCC1. The van der Waals surface area contributed by atoms with Gasteiger partial charge in [0.1, 0.15) is 5.75 Å². The Hall–Kier alpha value is -0.980. The number of hydrogen-bond acceptors (Lipinski definition) is 3. The minimum atomic E-state index is -0.986. The van der Waals surface area contributed by atoms with E-state index < -0.39 is 17.7 Å². The van der Waals surface area contributed by atoms with E-state index in [1.807, 2.05) is 6.92 Å². The van der Waals surface area contributed by atoms with E-state index in [1.54, 1.807) is 0 Å². The van der Waals surface area contributed by atoms with Gasteiger partial charge in [-0.2, -0.15) is 0 Å². The molecule has 1 heterocycles. The van der Waals surface area contributed by atoms with Gasteiger partial charge in [-0.25, -0.2) is 8.78 Å². The second-order valence-corrected chi connectivity index (χ2v) is 6.23. The van der Waals surface area contributed by atoms with E-state index in [4.69, 9.17) is 0 Å². The van der Waals surface area contributed by atoms with Gasteiger partial charge in [0.05, 0.1) is 10.0 Å². The van der Waals surface area contributed by atoms with Crippen molar-refractivity contribution in [2.75, 3.05) is 26.2 Å². The largest absolute Gasteiger partial charge is 0.506 e. The van der Waals surface area contributed by atoms with Gasteiger partial charge in [0, 0.05) is 32.2 Å². The van der Waals surface area contributed by atoms with Crippen LogP contribution in [0.3, 0.4) is 0 Å². The highest BCUT2D eigenvalue weighted by atomic mass is 79.9. The van der Waals surface area contributed by atoms with Gasteiger partial charge in [-0.15, -0.1) is 6.58 Å². The zero-order chi connectivity index (χ0) is 15.6. The molecular formula is C15H19BrF2N2O. The summed E-state index contributed by atoms with van der Waals surface area (Å²) in [5.74, 6) is -2.18. The van der Waals surface area contributed by atoms with Crippen molar-refractivity contribution in [3.63, 3.8) is 0 Å². The zero-order valence-corrected chi connectivity index (χ0v) is 13.5. The van der Waals surface area contributed by atoms with Crippen LogP contribution < -0.4 is 5.32 Å². The van der Waals surface area contributed by atoms with Crippen LogP contribution in [0, 0.1) is 11.6 Å². The van der Waals surface area contributed by atoms with E-state index in [2.05, 4.69) is 32.7 Å². The molecule has 116 valence electrons. The van der Waals surface area contributed by atoms with Gasteiger partial charge in [0.25, 0.3) is 0 Å². The third-order valence-electron chi connectivity index (χ3n) is 3.65. The molecule has 1 fully saturated rings. The zero-order valence-electron chi connectivity index (χ0n) is 11.9. The Morgan fingerprint density at radius 2 is 2.10 bits per heavy atom. The van der Waals surface area contributed by atoms with Crippen LogP contribution in [0.5, 0.6) is 5.75 Å². The smallest absolute Gasteiger partial charge is 0.167 e. The maximum atomic E-state index is 14.3. The van der Waals surface area contributed by atoms with Gasteiger partial charge in [-0.05, 0) is 35.3 Å². The van der Waals surface area contributed by atoms with Gasteiger partial charge < -0.3 is 10.4 Å². The van der Waals surface area contributed by atoms with Gasteiger partial charge in [0.15, 0.2) is 11.6 Å². The summed E-state index contributed by atoms with van der Waals surface area (Å²) in [5, 5.41) is 13.4. The summed E-state index contributed by atoms with van der Waals surface area (Å²) in [7, 11) is 0. The van der Waals surface area contributed by atoms with Crippen LogP contribution in [0.4, 0.5) is 8.78 Å². The number of nitrogens with one attached hydrogen (secondary N) is 1. The van der Waals surface area contributed by atoms with Crippen molar-refractivity contribution in [1.29, 1.82) is 0 Å². The molecule has 1 aromatic rings. The highest BCUT2D eigenvalue weighted by Crippen LogP contribution is 2.40. The van der Waals surface area contributed by atoms with Crippen molar-refractivity contribution in [1.82, 2.24) is 10.2 Å². The third-order valence-corrected chi connectivity index (χ3v) is 4.25. The van der Waals surface area contributed by atoms with Crippen molar-refractivity contribution < 1.29 is 13.9 Å². The Morgan fingerprint density at radius 3 is 2.67 bits per heavy atom. The molecule has 1 saturated heterocycles. The van der Waals surface area contributed by atoms with Crippen LogP contribution in [0.1, 0.15) is 24.9 Å². The van der Waals surface area contributed by atoms with Gasteiger partial charge in [-0.3, -0.25) is 4.90 Å². The van der Waals surface area contributed by atoms with E-state index in [0.29, 0.717) is 19.5 Å². The first kappa shape index (κ1) is 16.4. The number of benzene rings is 1. The van der Waals surface area contributed by atoms with E-state index in [-0.39, 0.29) is 15.8 Å². The molecular weight excluding hydrogens is 342 g/mol. The first-order chi connectivity index (χ1) is 9.91. The summed E-state index contributed by atoms with van der Waals surface area (Å²) in [4.78, 5) is 2.05. The first-order valence-corrected chi connectivity index (χ1v) is 7.66. The lowest BCUT2D eigenvalue weighted by Crippen LogP contribution is -2.45. The fourth-order valence-electron chi connectivity index (χ4n) is 2.65. The summed E-state index contributed by atoms with van der Waals surface area (Å²) < 4.78 is 28.2. The molecule has 1 aromatic carbocycles. The second kappa shape index (κ2) is 6.85. The number of phenols is 1. The maximum absolute atomic E-state index is 14.3. The average molecular weight is 361 g/mol. The first-order valence-electron chi connectivity index (χ1n) is 6.87. The summed E-state index contributed by atoms with van der Waals surface area (Å²) in [6.07, 6.45) is 0.473. The van der Waals surface area contributed by atoms with Crippen LogP contribution >= 0.6 is 15.9 Å². The van der Waals surface area contributed by atoms with Crippen molar-refractivity contribution in [3.8, 4) is 5.75 Å². The Kier molecular flexibility index (Phi) is 5.35. The molecule has 2 rings (SSSR count). The number of piperazine rings is 1. The Balaban J connectivity index is 2.47. The third kappa shape index (κ3) is 3.62. The van der Waals surface area contributed by atoms with Gasteiger partial charge >= 0.3 is 0 Å². The van der Waals surface area contributed by atoms with Crippen LogP contribution in [0.15, 0.2) is 22.7 Å². The molecule has 21 heavy (non-hydrogen) atoms. The van der Waals surface area contributed by atoms with Crippen molar-refractivity contribution >= 4 is 15.9 Å². The molecule has 0 unspecified atom stereocenters. The van der Waals surface area contributed by atoms with Crippen LogP contribution in [0.25, 0.3) is 0 Å². The average Bonchev–Trinajstić information content (AvgIpc) is 2.45. The molecule has 0 saturated carbocycles. The molecule has 2 N–H and O–H groups in total. The fourth-order valence-corrected chi connectivity index (χ4v) is 3.06. The molecule has 0 aliphatic carbocycles. The number of phenolic OH excluding ortho intramolecular Hbond substituents is 1. The van der Waals surface area contributed by atoms with Gasteiger partial charge in [-0.1, -0.05) is 5.57 Å². The second-order valence-electron chi connectivity index (χ2n) is 5.38. The monoisotopic (exact) mass is 360 g/mol. The van der Waals surface area contributed by atoms with E-state index >= 15 is 0 Å². The predicted molar refractivity (Wildman–Crippen MR) is 82.3 cm³/mol. The molecule has 0 radical (unpaired) electrons. The van der Waals surface area contributed by atoms with Gasteiger partial charge in [0.2, 0.25) is 0 Å². The number of nitrogens with zero attached hydrogens (tertiary/aromatic N) is 1. The molecule has 3 nitrogen and oxygen atoms in total. The Bertz CT molecular complexity index is 519. The molecule has 1 aliphatic heterocycles. The Morgan fingerprint density at radius 1 is 1.48 bits per heavy atom. The van der Waals surface area contributed by atoms with Crippen molar-refractivity contribution in [2.45, 2.75) is 19.4 Å². The highest BCUT2D eigenvalue weighted by molar-refractivity contribution is 9.10. The summed E-state index contributed by atoms with van der Waals surface area (Å²) in [5.41, 5.74) is 0.865. The normalized spacial score (nSPS) is 17.7. The molecule has 1 atom stereocenters. The number of halogens is 3. The number of rotatable bonds is 4. The summed E-state index contributed by atoms with van der Waals surface area (Å²) in [6, 6.07) is 0.528. The highest BCUT2D eigenvalue weighted by Gasteiger charge is 2.30. The Labute approximate surface area is 131 Å². The van der Waals surface area contributed by atoms with E-state index in [0.717, 1.165) is 24.7 Å². The number of hydrogen-bond donors (Lipinski definition) is 2. The van der Waals surface area contributed by atoms with Crippen LogP contribution in [0.2, 0.25) is 0 Å². The molecule has 0 aromatic heterocycles. The molecule has 0 bridgehead atoms. The summed E-state index contributed by atoms with van der Waals surface area (Å²) >= 11 is 3.08. The molecule has 0 amide bonds. The maximum Gasteiger partial charge on any atom is 0.167 e. The molecule has 0 spiro atoms. The van der Waals surface area contributed by atoms with E-state index in [9.17, 15) is 13.9 Å². The van der Waals surface area contributed by atoms with E-state index in [1.165, 1.54) is 0 Å². The fraction of sp³-hybridized carbons (Fsp3) is 0.467. The van der Waals surface area contributed by atoms with Crippen molar-refractivity contribution in [2.24, 2.45) is 0 Å². The van der Waals surface area contributed by atoms with Crippen LogP contribution in [-0.2, 0) is 0 Å². The lowest BCUT2D eigenvalue weighted by molar-refractivity contribution is 0.165. The predicted octanol–water partition coefficient (Wildman–Crippen LogP) is 3.35. The number of aromatic hydroxyl groups is 1. The lowest BCUT2D eigenvalue weighted by atomic mass is 9.96. The molecule has 1 aliphatic rings. The minimum Gasteiger partial charge on any atom is -0.506 e. The topological polar surface area (TPSA) is 35.5 Å². The lowest BCUT2D eigenvalue weighted by Gasteiger charge is -2.36. The minimum absolute atomic E-state index is 0.00627. The standard InChI is InChI=1S/C15H19BrF2N2O/c1-9(2)7-12(20-5-3-19-4-6-20)13-14(18)11(17)8-10(16)15(13)21/h8,12,19,21H,1,3-7H2,2H3/t12-/m1/s1. The van der Waals surface area contributed by atoms with Crippen LogP contribution in [-0.4, -0.2) is 36.2 Å². The molecule has 6 heteroatoms.